The summed E-state index contributed by atoms with van der Waals surface area (Å²) in [6, 6.07) is 4.53. The number of halogens is 1. The number of anilines is 1. The van der Waals surface area contributed by atoms with E-state index < -0.39 is 17.7 Å². The molecule has 0 spiro atoms. The van der Waals surface area contributed by atoms with E-state index in [-0.39, 0.29) is 17.4 Å². The third-order valence-electron chi connectivity index (χ3n) is 4.51. The van der Waals surface area contributed by atoms with Gasteiger partial charge in [0.15, 0.2) is 0 Å². The van der Waals surface area contributed by atoms with Crippen LogP contribution in [0.25, 0.3) is 0 Å². The molecule has 1 aromatic heterocycles. The number of aromatic nitrogens is 1. The summed E-state index contributed by atoms with van der Waals surface area (Å²) in [7, 11) is 0. The summed E-state index contributed by atoms with van der Waals surface area (Å²) in [4.78, 5) is 30.9. The van der Waals surface area contributed by atoms with Crippen LogP contribution in [0.3, 0.4) is 0 Å². The number of rotatable bonds is 2. The average Bonchev–Trinajstić information content (AvgIpc) is 2.98. The summed E-state index contributed by atoms with van der Waals surface area (Å²) in [5, 5.41) is 3.05. The molecule has 1 aliphatic carbocycles. The number of hydrogen-bond acceptors (Lipinski definition) is 4. The number of ether oxygens (including phenoxy) is 1. The van der Waals surface area contributed by atoms with Crippen LogP contribution in [0.4, 0.5) is 10.6 Å². The lowest BCUT2D eigenvalue weighted by molar-refractivity contribution is -0.121. The Morgan fingerprint density at radius 1 is 1.38 bits per heavy atom. The molecule has 1 saturated carbocycles. The molecular formula is C17H22ClN3O3. The first-order valence-corrected chi connectivity index (χ1v) is 8.42. The topological polar surface area (TPSA) is 71.5 Å². The summed E-state index contributed by atoms with van der Waals surface area (Å²) < 4.78 is 5.48. The SMILES string of the molecule is CC(C)(C)OC(=O)N1C(C(=O)Nc2cccc(Cl)n2)C[C@@]2(C)C[C@H]12. The van der Waals surface area contributed by atoms with Crippen molar-refractivity contribution in [3.05, 3.63) is 23.4 Å². The van der Waals surface area contributed by atoms with Gasteiger partial charge in [-0.3, -0.25) is 9.69 Å². The number of nitrogens with one attached hydrogen (secondary N) is 1. The predicted molar refractivity (Wildman–Crippen MR) is 90.9 cm³/mol. The third-order valence-corrected chi connectivity index (χ3v) is 4.72. The van der Waals surface area contributed by atoms with E-state index in [1.54, 1.807) is 23.1 Å². The van der Waals surface area contributed by atoms with E-state index in [9.17, 15) is 9.59 Å². The van der Waals surface area contributed by atoms with Crippen molar-refractivity contribution in [1.82, 2.24) is 9.88 Å². The lowest BCUT2D eigenvalue weighted by Gasteiger charge is -2.29. The van der Waals surface area contributed by atoms with Crippen LogP contribution in [0.1, 0.15) is 40.5 Å². The highest BCUT2D eigenvalue weighted by atomic mass is 35.5. The standard InChI is InChI=1S/C17H22ClN3O3/c1-16(2,3)24-15(23)21-10(8-17(4)9-11(17)21)14(22)20-13-7-5-6-12(18)19-13/h5-7,10-11H,8-9H2,1-4H3,(H,19,20,22)/t10?,11-,17-/m0/s1. The Bertz CT molecular complexity index is 688. The second-order valence-corrected chi connectivity index (χ2v) is 8.20. The second-order valence-electron chi connectivity index (χ2n) is 7.82. The van der Waals surface area contributed by atoms with Crippen molar-refractivity contribution in [3.8, 4) is 0 Å². The van der Waals surface area contributed by atoms with Gasteiger partial charge in [0.05, 0.1) is 0 Å². The van der Waals surface area contributed by atoms with Gasteiger partial charge in [0.25, 0.3) is 0 Å². The molecule has 1 saturated heterocycles. The molecule has 6 nitrogen and oxygen atoms in total. The summed E-state index contributed by atoms with van der Waals surface area (Å²) in [5.41, 5.74) is -0.596. The molecule has 2 fully saturated rings. The van der Waals surface area contributed by atoms with Gasteiger partial charge in [-0.05, 0) is 51.2 Å². The van der Waals surface area contributed by atoms with Gasteiger partial charge < -0.3 is 10.1 Å². The van der Waals surface area contributed by atoms with Crippen molar-refractivity contribution in [3.63, 3.8) is 0 Å². The van der Waals surface area contributed by atoms with Gasteiger partial charge in [0, 0.05) is 6.04 Å². The molecule has 2 aliphatic rings. The zero-order valence-electron chi connectivity index (χ0n) is 14.3. The van der Waals surface area contributed by atoms with E-state index in [1.807, 2.05) is 20.8 Å². The number of nitrogens with zero attached hydrogens (tertiary/aromatic N) is 2. The van der Waals surface area contributed by atoms with Gasteiger partial charge in [0.2, 0.25) is 5.91 Å². The van der Waals surface area contributed by atoms with Gasteiger partial charge in [-0.25, -0.2) is 9.78 Å². The minimum absolute atomic E-state index is 0.000667. The maximum atomic E-state index is 12.7. The fourth-order valence-corrected chi connectivity index (χ4v) is 3.43. The first-order valence-electron chi connectivity index (χ1n) is 8.04. The monoisotopic (exact) mass is 351 g/mol. The molecule has 3 rings (SSSR count). The third kappa shape index (κ3) is 3.34. The lowest BCUT2D eigenvalue weighted by Crippen LogP contribution is -2.47. The van der Waals surface area contributed by atoms with Gasteiger partial charge in [-0.15, -0.1) is 0 Å². The number of pyridine rings is 1. The molecule has 1 aliphatic heterocycles. The van der Waals surface area contributed by atoms with Gasteiger partial charge in [-0.2, -0.15) is 0 Å². The fourth-order valence-electron chi connectivity index (χ4n) is 3.27. The van der Waals surface area contributed by atoms with Crippen LogP contribution in [-0.2, 0) is 9.53 Å². The summed E-state index contributed by atoms with van der Waals surface area (Å²) >= 11 is 5.85. The minimum atomic E-state index is -0.597. The Hall–Kier alpha value is -1.82. The minimum Gasteiger partial charge on any atom is -0.444 e. The molecule has 1 N–H and O–H groups in total. The van der Waals surface area contributed by atoms with Crippen LogP contribution in [0, 0.1) is 5.41 Å². The van der Waals surface area contributed by atoms with E-state index in [0.29, 0.717) is 17.4 Å². The molecule has 130 valence electrons. The van der Waals surface area contributed by atoms with Gasteiger partial charge in [0.1, 0.15) is 22.6 Å². The highest BCUT2D eigenvalue weighted by Gasteiger charge is 2.65. The van der Waals surface area contributed by atoms with Gasteiger partial charge in [-0.1, -0.05) is 24.6 Å². The molecule has 1 unspecified atom stereocenters. The molecule has 2 amide bonds. The van der Waals surface area contributed by atoms with Crippen molar-refractivity contribution in [1.29, 1.82) is 0 Å². The number of likely N-dealkylation sites (tertiary alicyclic amines) is 1. The predicted octanol–water partition coefficient (Wildman–Crippen LogP) is 3.46. The van der Waals surface area contributed by atoms with Crippen LogP contribution in [0.2, 0.25) is 5.15 Å². The van der Waals surface area contributed by atoms with E-state index >= 15 is 0 Å². The van der Waals surface area contributed by atoms with Crippen molar-refractivity contribution in [2.45, 2.75) is 58.2 Å². The van der Waals surface area contributed by atoms with Crippen molar-refractivity contribution < 1.29 is 14.3 Å². The Morgan fingerprint density at radius 3 is 2.71 bits per heavy atom. The molecule has 0 bridgehead atoms. The number of amides is 2. The quantitative estimate of drug-likeness (QED) is 0.828. The number of piperidine rings is 1. The Labute approximate surface area is 146 Å². The zero-order chi connectivity index (χ0) is 17.7. The van der Waals surface area contributed by atoms with E-state index in [2.05, 4.69) is 17.2 Å². The molecule has 0 radical (unpaired) electrons. The molecule has 0 aromatic carbocycles. The second kappa shape index (κ2) is 5.62. The highest BCUT2D eigenvalue weighted by Crippen LogP contribution is 2.59. The van der Waals surface area contributed by atoms with Gasteiger partial charge >= 0.3 is 6.09 Å². The van der Waals surface area contributed by atoms with Crippen LogP contribution in [0.15, 0.2) is 18.2 Å². The van der Waals surface area contributed by atoms with Crippen molar-refractivity contribution in [2.24, 2.45) is 5.41 Å². The molecule has 24 heavy (non-hydrogen) atoms. The Morgan fingerprint density at radius 2 is 2.08 bits per heavy atom. The maximum Gasteiger partial charge on any atom is 0.411 e. The van der Waals surface area contributed by atoms with E-state index in [4.69, 9.17) is 16.3 Å². The normalized spacial score (nSPS) is 28.3. The summed E-state index contributed by atoms with van der Waals surface area (Å²) in [5.74, 6) is 0.117. The Balaban J connectivity index is 1.75. The van der Waals surface area contributed by atoms with Crippen molar-refractivity contribution in [2.75, 3.05) is 5.32 Å². The smallest absolute Gasteiger partial charge is 0.411 e. The van der Waals surface area contributed by atoms with E-state index in [0.717, 1.165) is 6.42 Å². The first-order chi connectivity index (χ1) is 11.1. The number of fused-ring (bicyclic) bond motifs is 1. The molecule has 7 heteroatoms. The van der Waals surface area contributed by atoms with Crippen LogP contribution >= 0.6 is 11.6 Å². The summed E-state index contributed by atoms with van der Waals surface area (Å²) in [6.07, 6.45) is 1.10. The number of carbonyl (C=O) groups excluding carboxylic acids is 2. The highest BCUT2D eigenvalue weighted by molar-refractivity contribution is 6.29. The van der Waals surface area contributed by atoms with Crippen LogP contribution in [-0.4, -0.2) is 39.6 Å². The lowest BCUT2D eigenvalue weighted by atomic mass is 10.0. The largest absolute Gasteiger partial charge is 0.444 e. The first kappa shape index (κ1) is 17.0. The Kier molecular flexibility index (Phi) is 3.98. The number of carbonyl (C=O) groups is 2. The molecular weight excluding hydrogens is 330 g/mol. The summed E-state index contributed by atoms with van der Waals surface area (Å²) in [6.45, 7) is 7.55. The van der Waals surface area contributed by atoms with Crippen LogP contribution in [0.5, 0.6) is 0 Å². The van der Waals surface area contributed by atoms with E-state index in [1.165, 1.54) is 0 Å². The zero-order valence-corrected chi connectivity index (χ0v) is 15.1. The molecule has 3 atom stereocenters. The van der Waals surface area contributed by atoms with Crippen LogP contribution < -0.4 is 5.32 Å². The number of hydrogen-bond donors (Lipinski definition) is 1. The maximum absolute atomic E-state index is 12.7. The molecule has 1 aromatic rings. The van der Waals surface area contributed by atoms with Crippen molar-refractivity contribution >= 4 is 29.4 Å². The molecule has 2 heterocycles. The average molecular weight is 352 g/mol. The fraction of sp³-hybridized carbons (Fsp3) is 0.588.